The molecule has 1 aromatic carbocycles. The van der Waals surface area contributed by atoms with E-state index in [0.717, 1.165) is 18.1 Å². The van der Waals surface area contributed by atoms with Crippen molar-refractivity contribution >= 4 is 5.78 Å². The van der Waals surface area contributed by atoms with Crippen molar-refractivity contribution in [1.29, 1.82) is 0 Å². The van der Waals surface area contributed by atoms with Crippen LogP contribution in [0.1, 0.15) is 108 Å². The van der Waals surface area contributed by atoms with E-state index in [0.29, 0.717) is 12.2 Å². The van der Waals surface area contributed by atoms with Crippen LogP contribution in [-0.2, 0) is 0 Å². The van der Waals surface area contributed by atoms with E-state index in [1.807, 2.05) is 24.3 Å². The first-order valence-electron chi connectivity index (χ1n) is 10.8. The predicted octanol–water partition coefficient (Wildman–Crippen LogP) is 7.61. The smallest absolute Gasteiger partial charge is 0.163 e. The fourth-order valence-electron chi connectivity index (χ4n) is 3.31. The van der Waals surface area contributed by atoms with E-state index in [9.17, 15) is 4.79 Å². The lowest BCUT2D eigenvalue weighted by Gasteiger charge is -2.09. The number of Topliss-reactive ketones (excluding diaryl/α,β-unsaturated/α-hetero) is 1. The molecule has 1 aromatic rings. The summed E-state index contributed by atoms with van der Waals surface area (Å²) < 4.78 is 5.78. The molecule has 0 aliphatic heterocycles. The van der Waals surface area contributed by atoms with Gasteiger partial charge in [0.15, 0.2) is 5.78 Å². The van der Waals surface area contributed by atoms with Crippen molar-refractivity contribution in [3.8, 4) is 5.75 Å². The zero-order valence-electron chi connectivity index (χ0n) is 17.4. The molecule has 0 aliphatic carbocycles. The van der Waals surface area contributed by atoms with Crippen molar-refractivity contribution in [2.45, 2.75) is 97.8 Å². The maximum atomic E-state index is 11.5. The third-order valence-corrected chi connectivity index (χ3v) is 4.95. The number of carbonyl (C=O) groups excluding carboxylic acids is 1. The molecule has 0 saturated carbocycles. The minimum absolute atomic E-state index is 0.0699. The van der Waals surface area contributed by atoms with E-state index >= 15 is 0 Å². The number of rotatable bonds is 16. The van der Waals surface area contributed by atoms with Gasteiger partial charge in [-0.15, -0.1) is 0 Å². The van der Waals surface area contributed by atoms with E-state index in [2.05, 4.69) is 13.8 Å². The highest BCUT2D eigenvalue weighted by molar-refractivity contribution is 5.96. The van der Waals surface area contributed by atoms with E-state index in [4.69, 9.17) is 4.74 Å². The van der Waals surface area contributed by atoms with E-state index in [1.54, 1.807) is 6.92 Å². The Balaban J connectivity index is 1.89. The van der Waals surface area contributed by atoms with Gasteiger partial charge in [0.25, 0.3) is 0 Å². The first-order valence-corrected chi connectivity index (χ1v) is 10.8. The molecule has 0 heterocycles. The summed E-state index contributed by atoms with van der Waals surface area (Å²) in [5.41, 5.74) is 0.691. The van der Waals surface area contributed by atoms with Crippen molar-refractivity contribution in [1.82, 2.24) is 0 Å². The Morgan fingerprint density at radius 2 is 1.31 bits per heavy atom. The van der Waals surface area contributed by atoms with Crippen LogP contribution in [0, 0.1) is 5.92 Å². The summed E-state index contributed by atoms with van der Waals surface area (Å²) in [5.74, 6) is 1.66. The second-order valence-corrected chi connectivity index (χ2v) is 7.97. The van der Waals surface area contributed by atoms with E-state index in [1.165, 1.54) is 70.6 Å². The first-order chi connectivity index (χ1) is 12.6. The topological polar surface area (TPSA) is 26.3 Å². The Labute approximate surface area is 161 Å². The number of benzene rings is 1. The molecule has 0 spiro atoms. The maximum absolute atomic E-state index is 11.5. The molecule has 0 N–H and O–H groups in total. The van der Waals surface area contributed by atoms with Crippen molar-refractivity contribution in [3.63, 3.8) is 0 Å². The van der Waals surface area contributed by atoms with Crippen LogP contribution in [0.25, 0.3) is 0 Å². The first kappa shape index (κ1) is 22.7. The second kappa shape index (κ2) is 14.8. The van der Waals surface area contributed by atoms with Gasteiger partial charge < -0.3 is 4.74 Å². The largest absolute Gasteiger partial charge is 0.493 e. The minimum atomic E-state index is 0.0699. The summed E-state index contributed by atoms with van der Waals surface area (Å²) >= 11 is 0. The van der Waals surface area contributed by atoms with Gasteiger partial charge in [-0.05, 0) is 31.4 Å². The molecular formula is C24H40O2. The third-order valence-electron chi connectivity index (χ3n) is 4.95. The lowest BCUT2D eigenvalue weighted by Crippen LogP contribution is -2.02. The Morgan fingerprint density at radius 3 is 1.85 bits per heavy atom. The Hall–Kier alpha value is -1.31. The fraction of sp³-hybridized carbons (Fsp3) is 0.708. The molecule has 148 valence electrons. The van der Waals surface area contributed by atoms with Gasteiger partial charge in [0.2, 0.25) is 0 Å². The molecule has 0 aliphatic rings. The van der Waals surface area contributed by atoms with Crippen LogP contribution in [0.15, 0.2) is 24.3 Å². The van der Waals surface area contributed by atoms with Crippen LogP contribution in [0.5, 0.6) is 5.75 Å². The van der Waals surface area contributed by atoms with Gasteiger partial charge in [-0.3, -0.25) is 4.79 Å². The van der Waals surface area contributed by atoms with E-state index in [-0.39, 0.29) is 5.78 Å². The summed E-state index contributed by atoms with van der Waals surface area (Å²) in [5, 5.41) is 0. The number of ketones is 1. The minimum Gasteiger partial charge on any atom is -0.493 e. The molecule has 0 amide bonds. The molecule has 2 heteroatoms. The molecule has 0 aromatic heterocycles. The lowest BCUT2D eigenvalue weighted by molar-refractivity contribution is 0.101. The molecule has 0 unspecified atom stereocenters. The van der Waals surface area contributed by atoms with Gasteiger partial charge in [-0.2, -0.15) is 0 Å². The highest BCUT2D eigenvalue weighted by Gasteiger charge is 2.06. The number of hydrogen-bond acceptors (Lipinski definition) is 2. The van der Waals surface area contributed by atoms with Crippen LogP contribution in [0.2, 0.25) is 0 Å². The number of para-hydroxylation sites is 1. The average molecular weight is 361 g/mol. The summed E-state index contributed by atoms with van der Waals surface area (Å²) in [6.07, 6.45) is 16.2. The normalized spacial score (nSPS) is 11.1. The quantitative estimate of drug-likeness (QED) is 0.224. The summed E-state index contributed by atoms with van der Waals surface area (Å²) in [4.78, 5) is 11.5. The van der Waals surface area contributed by atoms with Gasteiger partial charge in [0, 0.05) is 0 Å². The highest BCUT2D eigenvalue weighted by atomic mass is 16.5. The van der Waals surface area contributed by atoms with Crippen LogP contribution in [0.3, 0.4) is 0 Å². The molecule has 0 fully saturated rings. The number of unbranched alkanes of at least 4 members (excludes halogenated alkanes) is 10. The second-order valence-electron chi connectivity index (χ2n) is 7.97. The van der Waals surface area contributed by atoms with Crippen molar-refractivity contribution in [2.24, 2.45) is 5.92 Å². The summed E-state index contributed by atoms with van der Waals surface area (Å²) in [6.45, 7) is 6.93. The fourth-order valence-corrected chi connectivity index (χ4v) is 3.31. The number of carbonyl (C=O) groups is 1. The van der Waals surface area contributed by atoms with E-state index < -0.39 is 0 Å². The van der Waals surface area contributed by atoms with Gasteiger partial charge in [0.05, 0.1) is 12.2 Å². The molecular weight excluding hydrogens is 320 g/mol. The molecule has 26 heavy (non-hydrogen) atoms. The third kappa shape index (κ3) is 11.3. The number of hydrogen-bond donors (Lipinski definition) is 0. The Morgan fingerprint density at radius 1 is 0.808 bits per heavy atom. The van der Waals surface area contributed by atoms with Crippen LogP contribution < -0.4 is 4.74 Å². The molecule has 0 radical (unpaired) electrons. The Bertz CT molecular complexity index is 479. The summed E-state index contributed by atoms with van der Waals surface area (Å²) in [6, 6.07) is 7.53. The van der Waals surface area contributed by atoms with Gasteiger partial charge in [0.1, 0.15) is 5.75 Å². The summed E-state index contributed by atoms with van der Waals surface area (Å²) in [7, 11) is 0. The zero-order chi connectivity index (χ0) is 19.0. The lowest BCUT2D eigenvalue weighted by atomic mass is 10.0. The van der Waals surface area contributed by atoms with Crippen molar-refractivity contribution < 1.29 is 9.53 Å². The molecule has 0 atom stereocenters. The van der Waals surface area contributed by atoms with Gasteiger partial charge in [-0.25, -0.2) is 0 Å². The average Bonchev–Trinajstić information content (AvgIpc) is 2.62. The number of ether oxygens (including phenoxy) is 1. The predicted molar refractivity (Wildman–Crippen MR) is 112 cm³/mol. The van der Waals surface area contributed by atoms with Crippen LogP contribution in [0.4, 0.5) is 0 Å². The van der Waals surface area contributed by atoms with Gasteiger partial charge in [-0.1, -0.05) is 96.6 Å². The van der Waals surface area contributed by atoms with Crippen LogP contribution in [-0.4, -0.2) is 12.4 Å². The van der Waals surface area contributed by atoms with Crippen LogP contribution >= 0.6 is 0 Å². The SMILES string of the molecule is CC(=O)c1ccccc1OCCCCCCCCCCCCCC(C)C. The monoisotopic (exact) mass is 360 g/mol. The van der Waals surface area contributed by atoms with Gasteiger partial charge >= 0.3 is 0 Å². The van der Waals surface area contributed by atoms with Crippen molar-refractivity contribution in [2.75, 3.05) is 6.61 Å². The standard InChI is InChI=1S/C24H40O2/c1-21(2)17-13-11-9-7-5-4-6-8-10-12-16-20-26-24-19-15-14-18-23(24)22(3)25/h14-15,18-19,21H,4-13,16-17,20H2,1-3H3. The molecule has 2 nitrogen and oxygen atoms in total. The molecule has 1 rings (SSSR count). The maximum Gasteiger partial charge on any atom is 0.163 e. The molecule has 0 bridgehead atoms. The zero-order valence-corrected chi connectivity index (χ0v) is 17.4. The Kier molecular flexibility index (Phi) is 13.0. The highest BCUT2D eigenvalue weighted by Crippen LogP contribution is 2.19. The molecule has 0 saturated heterocycles. The van der Waals surface area contributed by atoms with Crippen molar-refractivity contribution in [3.05, 3.63) is 29.8 Å².